The smallest absolute Gasteiger partial charge is 0.301 e. The molecule has 0 radical (unpaired) electrons. The van der Waals surface area contributed by atoms with Crippen molar-refractivity contribution in [3.05, 3.63) is 97.8 Å². The van der Waals surface area contributed by atoms with Gasteiger partial charge in [-0.2, -0.15) is 5.10 Å². The first kappa shape index (κ1) is 22.2. The van der Waals surface area contributed by atoms with E-state index in [2.05, 4.69) is 10.5 Å². The predicted molar refractivity (Wildman–Crippen MR) is 115 cm³/mol. The standard InChI is InChI=1S/C21H17FN4O6/c1-31-21-10-15(4-9-20(21)32-13-14-2-5-16(22)6-3-14)12-23-24-18-8-7-17(25(27)28)11-19(18)26(29)30/h2-12,24H,13H2,1H3/b23-12-. The van der Waals surface area contributed by atoms with E-state index in [0.29, 0.717) is 17.1 Å². The van der Waals surface area contributed by atoms with Crippen LogP contribution in [-0.2, 0) is 6.61 Å². The maximum absolute atomic E-state index is 13.0. The number of nitrogens with one attached hydrogen (secondary N) is 1. The molecule has 0 aliphatic heterocycles. The monoisotopic (exact) mass is 440 g/mol. The molecule has 0 amide bonds. The average molecular weight is 440 g/mol. The largest absolute Gasteiger partial charge is 0.493 e. The summed E-state index contributed by atoms with van der Waals surface area (Å²) in [4.78, 5) is 20.5. The first-order chi connectivity index (χ1) is 15.4. The summed E-state index contributed by atoms with van der Waals surface area (Å²) in [5, 5.41) is 25.9. The Morgan fingerprint density at radius 2 is 1.75 bits per heavy atom. The number of ether oxygens (including phenoxy) is 2. The van der Waals surface area contributed by atoms with Crippen molar-refractivity contribution in [3.63, 3.8) is 0 Å². The van der Waals surface area contributed by atoms with Gasteiger partial charge >= 0.3 is 5.69 Å². The molecular formula is C21H17FN4O6. The highest BCUT2D eigenvalue weighted by Gasteiger charge is 2.19. The number of benzene rings is 3. The Hall–Kier alpha value is -4.54. The number of nitro benzene ring substituents is 2. The number of nitrogens with zero attached hydrogens (tertiary/aromatic N) is 3. The van der Waals surface area contributed by atoms with Gasteiger partial charge in [0.25, 0.3) is 5.69 Å². The second-order valence-corrected chi connectivity index (χ2v) is 6.41. The Balaban J connectivity index is 1.70. The van der Waals surface area contributed by atoms with E-state index < -0.39 is 21.2 Å². The molecule has 3 aromatic carbocycles. The molecule has 0 bridgehead atoms. The van der Waals surface area contributed by atoms with Crippen LogP contribution in [-0.4, -0.2) is 23.2 Å². The number of nitro groups is 2. The third-order valence-corrected chi connectivity index (χ3v) is 4.28. The predicted octanol–water partition coefficient (Wildman–Crippen LogP) is 4.68. The highest BCUT2D eigenvalue weighted by molar-refractivity contribution is 5.82. The minimum absolute atomic E-state index is 0.00284. The maximum Gasteiger partial charge on any atom is 0.301 e. The Labute approximate surface area is 181 Å². The Bertz CT molecular complexity index is 1170. The van der Waals surface area contributed by atoms with Crippen molar-refractivity contribution in [1.29, 1.82) is 0 Å². The highest BCUT2D eigenvalue weighted by atomic mass is 19.1. The fourth-order valence-corrected chi connectivity index (χ4v) is 2.68. The van der Waals surface area contributed by atoms with Crippen LogP contribution in [0.3, 0.4) is 0 Å². The third-order valence-electron chi connectivity index (χ3n) is 4.28. The molecule has 3 rings (SSSR count). The lowest BCUT2D eigenvalue weighted by Gasteiger charge is -2.11. The van der Waals surface area contributed by atoms with Crippen LogP contribution in [0.25, 0.3) is 0 Å². The fourth-order valence-electron chi connectivity index (χ4n) is 2.68. The highest BCUT2D eigenvalue weighted by Crippen LogP contribution is 2.30. The molecule has 0 spiro atoms. The molecule has 1 N–H and O–H groups in total. The minimum atomic E-state index is -0.735. The lowest BCUT2D eigenvalue weighted by molar-refractivity contribution is -0.393. The second kappa shape index (κ2) is 9.98. The molecule has 0 aliphatic carbocycles. The number of halogens is 1. The lowest BCUT2D eigenvalue weighted by atomic mass is 10.2. The van der Waals surface area contributed by atoms with Crippen LogP contribution in [0.2, 0.25) is 0 Å². The Morgan fingerprint density at radius 1 is 1.00 bits per heavy atom. The van der Waals surface area contributed by atoms with E-state index in [-0.39, 0.29) is 18.1 Å². The van der Waals surface area contributed by atoms with Crippen LogP contribution in [0.5, 0.6) is 11.5 Å². The van der Waals surface area contributed by atoms with Crippen LogP contribution in [0, 0.1) is 26.0 Å². The van der Waals surface area contributed by atoms with Crippen molar-refractivity contribution in [2.75, 3.05) is 12.5 Å². The number of anilines is 1. The quantitative estimate of drug-likeness (QED) is 0.291. The summed E-state index contributed by atoms with van der Waals surface area (Å²) in [6.07, 6.45) is 1.40. The van der Waals surface area contributed by atoms with Crippen LogP contribution in [0.4, 0.5) is 21.5 Å². The minimum Gasteiger partial charge on any atom is -0.493 e. The van der Waals surface area contributed by atoms with Crippen molar-refractivity contribution in [2.24, 2.45) is 5.10 Å². The first-order valence-corrected chi connectivity index (χ1v) is 9.14. The zero-order valence-corrected chi connectivity index (χ0v) is 16.7. The number of non-ortho nitro benzene ring substituents is 1. The Morgan fingerprint density at radius 3 is 2.41 bits per heavy atom. The SMILES string of the molecule is COc1cc(/C=N\Nc2ccc([N+](=O)[O-])cc2[N+](=O)[O-])ccc1OCc1ccc(F)cc1. The van der Waals surface area contributed by atoms with Crippen molar-refractivity contribution < 1.29 is 23.7 Å². The molecule has 0 fully saturated rings. The summed E-state index contributed by atoms with van der Waals surface area (Å²) in [7, 11) is 1.47. The van der Waals surface area contributed by atoms with Gasteiger partial charge in [-0.3, -0.25) is 25.7 Å². The number of hydrogen-bond donors (Lipinski definition) is 1. The molecule has 3 aromatic rings. The van der Waals surface area contributed by atoms with E-state index in [1.807, 2.05) is 0 Å². The van der Waals surface area contributed by atoms with Gasteiger partial charge in [0.1, 0.15) is 18.1 Å². The number of hydrazone groups is 1. The zero-order valence-electron chi connectivity index (χ0n) is 16.7. The molecule has 0 aliphatic rings. The zero-order chi connectivity index (χ0) is 23.1. The van der Waals surface area contributed by atoms with Gasteiger partial charge < -0.3 is 9.47 Å². The summed E-state index contributed by atoms with van der Waals surface area (Å²) < 4.78 is 24.0. The first-order valence-electron chi connectivity index (χ1n) is 9.14. The van der Waals surface area contributed by atoms with Crippen molar-refractivity contribution in [3.8, 4) is 11.5 Å². The average Bonchev–Trinajstić information content (AvgIpc) is 2.79. The van der Waals surface area contributed by atoms with E-state index >= 15 is 0 Å². The summed E-state index contributed by atoms with van der Waals surface area (Å²) >= 11 is 0. The van der Waals surface area contributed by atoms with Gasteiger partial charge in [0, 0.05) is 6.07 Å². The molecule has 0 aromatic heterocycles. The van der Waals surface area contributed by atoms with Gasteiger partial charge in [0.05, 0.1) is 29.2 Å². The third kappa shape index (κ3) is 5.53. The summed E-state index contributed by atoms with van der Waals surface area (Å²) in [6, 6.07) is 14.1. The van der Waals surface area contributed by atoms with Crippen molar-refractivity contribution in [2.45, 2.75) is 6.61 Å². The van der Waals surface area contributed by atoms with Crippen LogP contribution < -0.4 is 14.9 Å². The van der Waals surface area contributed by atoms with Gasteiger partial charge in [-0.1, -0.05) is 12.1 Å². The normalized spacial score (nSPS) is 10.7. The van der Waals surface area contributed by atoms with Crippen LogP contribution in [0.1, 0.15) is 11.1 Å². The van der Waals surface area contributed by atoms with E-state index in [4.69, 9.17) is 9.47 Å². The maximum atomic E-state index is 13.0. The van der Waals surface area contributed by atoms with Crippen molar-refractivity contribution >= 4 is 23.3 Å². The molecule has 0 unspecified atom stereocenters. The van der Waals surface area contributed by atoms with Gasteiger partial charge in [-0.25, -0.2) is 4.39 Å². The lowest BCUT2D eigenvalue weighted by Crippen LogP contribution is -2.00. The van der Waals surface area contributed by atoms with E-state index in [1.165, 1.54) is 31.5 Å². The number of methoxy groups -OCH3 is 1. The van der Waals surface area contributed by atoms with Gasteiger partial charge in [0.15, 0.2) is 11.5 Å². The second-order valence-electron chi connectivity index (χ2n) is 6.41. The summed E-state index contributed by atoms with van der Waals surface area (Å²) in [6.45, 7) is 0.218. The molecule has 0 heterocycles. The number of hydrogen-bond acceptors (Lipinski definition) is 8. The molecule has 32 heavy (non-hydrogen) atoms. The molecule has 0 saturated carbocycles. The van der Waals surface area contributed by atoms with E-state index in [0.717, 1.165) is 17.7 Å². The molecule has 0 saturated heterocycles. The van der Waals surface area contributed by atoms with Gasteiger partial charge in [-0.05, 0) is 47.5 Å². The van der Waals surface area contributed by atoms with E-state index in [1.54, 1.807) is 30.3 Å². The topological polar surface area (TPSA) is 129 Å². The Kier molecular flexibility index (Phi) is 6.91. The van der Waals surface area contributed by atoms with Gasteiger partial charge in [0.2, 0.25) is 0 Å². The molecule has 11 heteroatoms. The molecule has 0 atom stereocenters. The van der Waals surface area contributed by atoms with E-state index in [9.17, 15) is 24.6 Å². The molecule has 164 valence electrons. The summed E-state index contributed by atoms with van der Waals surface area (Å²) in [5.41, 5.74) is 3.04. The molecule has 10 nitrogen and oxygen atoms in total. The number of rotatable bonds is 9. The van der Waals surface area contributed by atoms with Crippen LogP contribution in [0.15, 0.2) is 65.8 Å². The van der Waals surface area contributed by atoms with Crippen molar-refractivity contribution in [1.82, 2.24) is 0 Å². The molecular weight excluding hydrogens is 423 g/mol. The fraction of sp³-hybridized carbons (Fsp3) is 0.0952. The van der Waals surface area contributed by atoms with Gasteiger partial charge in [-0.15, -0.1) is 0 Å². The summed E-state index contributed by atoms with van der Waals surface area (Å²) in [5.74, 6) is 0.563. The van der Waals surface area contributed by atoms with Crippen LogP contribution >= 0.6 is 0 Å².